The van der Waals surface area contributed by atoms with Crippen molar-refractivity contribution in [2.24, 2.45) is 13.0 Å². The molecular formula is C17H22N4O3. The molecule has 1 aliphatic rings. The second-order valence-electron chi connectivity index (χ2n) is 6.02. The number of piperidine rings is 1. The molecule has 2 amide bonds. The van der Waals surface area contributed by atoms with Crippen LogP contribution >= 0.6 is 0 Å². The molecule has 0 spiro atoms. The van der Waals surface area contributed by atoms with Gasteiger partial charge < -0.3 is 19.2 Å². The smallest absolute Gasteiger partial charge is 0.225 e. The molecule has 1 fully saturated rings. The second kappa shape index (κ2) is 6.90. The molecule has 2 atom stereocenters. The standard InChI is InChI=1S/C17H22N4O3/c1-3-21-14(22)5-4-13(15(21)16-18-7-8-20(16)2)17(23)19-10-12-6-9-24-11-12/h6-9,11,13,15H,3-5,10H2,1-2H3,(H,19,23)/t13-,15-/m0/s1. The number of amides is 2. The summed E-state index contributed by atoms with van der Waals surface area (Å²) in [5.41, 5.74) is 0.913. The molecule has 0 radical (unpaired) electrons. The normalized spacial score (nSPS) is 21.1. The fourth-order valence-electron chi connectivity index (χ4n) is 3.30. The highest BCUT2D eigenvalue weighted by Crippen LogP contribution is 2.35. The fraction of sp³-hybridized carbons (Fsp3) is 0.471. The van der Waals surface area contributed by atoms with Crippen molar-refractivity contribution in [3.63, 3.8) is 0 Å². The molecule has 2 aromatic heterocycles. The van der Waals surface area contributed by atoms with Gasteiger partial charge in [-0.2, -0.15) is 0 Å². The summed E-state index contributed by atoms with van der Waals surface area (Å²) in [6, 6.07) is 1.49. The highest BCUT2D eigenvalue weighted by molar-refractivity contribution is 5.84. The highest BCUT2D eigenvalue weighted by atomic mass is 16.3. The van der Waals surface area contributed by atoms with Crippen LogP contribution in [-0.2, 0) is 23.2 Å². The number of nitrogens with one attached hydrogen (secondary N) is 1. The minimum atomic E-state index is -0.333. The number of carbonyl (C=O) groups excluding carboxylic acids is 2. The Labute approximate surface area is 140 Å². The maximum atomic E-state index is 12.8. The summed E-state index contributed by atoms with van der Waals surface area (Å²) in [7, 11) is 1.88. The summed E-state index contributed by atoms with van der Waals surface area (Å²) in [5.74, 6) is 0.448. The van der Waals surface area contributed by atoms with Gasteiger partial charge in [0.25, 0.3) is 0 Å². The van der Waals surface area contributed by atoms with Gasteiger partial charge >= 0.3 is 0 Å². The summed E-state index contributed by atoms with van der Waals surface area (Å²) < 4.78 is 6.90. The maximum Gasteiger partial charge on any atom is 0.225 e. The van der Waals surface area contributed by atoms with Crippen LogP contribution in [0.5, 0.6) is 0 Å². The lowest BCUT2D eigenvalue weighted by Gasteiger charge is -2.39. The van der Waals surface area contributed by atoms with E-state index in [-0.39, 0.29) is 23.8 Å². The first-order chi connectivity index (χ1) is 11.6. The van der Waals surface area contributed by atoms with Gasteiger partial charge in [-0.25, -0.2) is 4.98 Å². The molecule has 0 bridgehead atoms. The number of rotatable bonds is 5. The van der Waals surface area contributed by atoms with Crippen molar-refractivity contribution in [2.45, 2.75) is 32.4 Å². The number of carbonyl (C=O) groups is 2. The van der Waals surface area contributed by atoms with Crippen molar-refractivity contribution in [1.29, 1.82) is 0 Å². The molecule has 3 heterocycles. The Morgan fingerprint density at radius 2 is 2.33 bits per heavy atom. The van der Waals surface area contributed by atoms with E-state index in [9.17, 15) is 9.59 Å². The molecule has 0 saturated carbocycles. The lowest BCUT2D eigenvalue weighted by atomic mass is 9.87. The molecule has 0 aromatic carbocycles. The van der Waals surface area contributed by atoms with Crippen molar-refractivity contribution < 1.29 is 14.0 Å². The van der Waals surface area contributed by atoms with Crippen LogP contribution in [0.25, 0.3) is 0 Å². The number of aromatic nitrogens is 2. The lowest BCUT2D eigenvalue weighted by Crippen LogP contribution is -2.48. The van der Waals surface area contributed by atoms with Crippen molar-refractivity contribution in [3.8, 4) is 0 Å². The number of hydrogen-bond donors (Lipinski definition) is 1. The van der Waals surface area contributed by atoms with Crippen LogP contribution in [0.1, 0.15) is 37.2 Å². The minimum Gasteiger partial charge on any atom is -0.472 e. The Morgan fingerprint density at radius 1 is 1.50 bits per heavy atom. The summed E-state index contributed by atoms with van der Waals surface area (Å²) in [6.45, 7) is 2.90. The molecule has 0 aliphatic carbocycles. The Bertz CT molecular complexity index is 707. The third-order valence-corrected chi connectivity index (χ3v) is 4.55. The number of nitrogens with zero attached hydrogens (tertiary/aromatic N) is 3. The van der Waals surface area contributed by atoms with Crippen LogP contribution in [0.2, 0.25) is 0 Å². The number of likely N-dealkylation sites (tertiary alicyclic amines) is 1. The first-order valence-electron chi connectivity index (χ1n) is 8.17. The third kappa shape index (κ3) is 3.06. The topological polar surface area (TPSA) is 80.4 Å². The molecule has 3 rings (SSSR count). The molecule has 7 nitrogen and oxygen atoms in total. The molecular weight excluding hydrogens is 308 g/mol. The third-order valence-electron chi connectivity index (χ3n) is 4.55. The zero-order valence-corrected chi connectivity index (χ0v) is 13.9. The van der Waals surface area contributed by atoms with Crippen molar-refractivity contribution in [2.75, 3.05) is 6.54 Å². The molecule has 1 N–H and O–H groups in total. The molecule has 24 heavy (non-hydrogen) atoms. The lowest BCUT2D eigenvalue weighted by molar-refractivity contribution is -0.143. The van der Waals surface area contributed by atoms with E-state index in [2.05, 4.69) is 10.3 Å². The highest BCUT2D eigenvalue weighted by Gasteiger charge is 2.41. The van der Waals surface area contributed by atoms with Crippen molar-refractivity contribution >= 4 is 11.8 Å². The number of aryl methyl sites for hydroxylation is 1. The van der Waals surface area contributed by atoms with Gasteiger partial charge in [0, 0.05) is 44.5 Å². The molecule has 0 unspecified atom stereocenters. The van der Waals surface area contributed by atoms with Crippen LogP contribution in [0, 0.1) is 5.92 Å². The Balaban J connectivity index is 1.82. The fourth-order valence-corrected chi connectivity index (χ4v) is 3.30. The van der Waals surface area contributed by atoms with E-state index < -0.39 is 0 Å². The van der Waals surface area contributed by atoms with Gasteiger partial charge in [-0.15, -0.1) is 0 Å². The zero-order chi connectivity index (χ0) is 17.1. The molecule has 7 heteroatoms. The van der Waals surface area contributed by atoms with E-state index in [0.29, 0.717) is 25.9 Å². The van der Waals surface area contributed by atoms with E-state index in [4.69, 9.17) is 4.42 Å². The van der Waals surface area contributed by atoms with E-state index in [1.165, 1.54) is 0 Å². The quantitative estimate of drug-likeness (QED) is 0.903. The Hall–Kier alpha value is -2.57. The average Bonchev–Trinajstić information content (AvgIpc) is 3.23. The van der Waals surface area contributed by atoms with Gasteiger partial charge in [0.1, 0.15) is 11.9 Å². The minimum absolute atomic E-state index is 0.0600. The Kier molecular flexibility index (Phi) is 4.69. The summed E-state index contributed by atoms with van der Waals surface area (Å²) >= 11 is 0. The molecule has 1 saturated heterocycles. The van der Waals surface area contributed by atoms with Gasteiger partial charge in [0.15, 0.2) is 0 Å². The predicted molar refractivity (Wildman–Crippen MR) is 86.6 cm³/mol. The number of hydrogen-bond acceptors (Lipinski definition) is 4. The predicted octanol–water partition coefficient (Wildman–Crippen LogP) is 1.63. The summed E-state index contributed by atoms with van der Waals surface area (Å²) in [4.78, 5) is 31.2. The van der Waals surface area contributed by atoms with Crippen LogP contribution in [0.4, 0.5) is 0 Å². The number of furan rings is 1. The molecule has 2 aromatic rings. The van der Waals surface area contributed by atoms with E-state index in [0.717, 1.165) is 11.4 Å². The zero-order valence-electron chi connectivity index (χ0n) is 13.9. The monoisotopic (exact) mass is 330 g/mol. The summed E-state index contributed by atoms with van der Waals surface area (Å²) in [5, 5.41) is 2.95. The first-order valence-corrected chi connectivity index (χ1v) is 8.17. The summed E-state index contributed by atoms with van der Waals surface area (Å²) in [6.07, 6.45) is 7.64. The van der Waals surface area contributed by atoms with Gasteiger partial charge in [0.05, 0.1) is 18.4 Å². The van der Waals surface area contributed by atoms with Crippen LogP contribution < -0.4 is 5.32 Å². The Morgan fingerprint density at radius 3 is 2.96 bits per heavy atom. The second-order valence-corrected chi connectivity index (χ2v) is 6.02. The van der Waals surface area contributed by atoms with Crippen LogP contribution in [-0.4, -0.2) is 32.8 Å². The van der Waals surface area contributed by atoms with Gasteiger partial charge in [0.2, 0.25) is 11.8 Å². The SMILES string of the molecule is CCN1C(=O)CC[C@H](C(=O)NCc2ccoc2)[C@H]1c1nccn1C. The average molecular weight is 330 g/mol. The van der Waals surface area contributed by atoms with E-state index in [1.807, 2.05) is 30.8 Å². The van der Waals surface area contributed by atoms with Crippen molar-refractivity contribution in [1.82, 2.24) is 19.8 Å². The molecule has 128 valence electrons. The van der Waals surface area contributed by atoms with Crippen LogP contribution in [0.3, 0.4) is 0 Å². The van der Waals surface area contributed by atoms with E-state index >= 15 is 0 Å². The maximum absolute atomic E-state index is 12.8. The van der Waals surface area contributed by atoms with Gasteiger partial charge in [-0.05, 0) is 19.4 Å². The van der Waals surface area contributed by atoms with Gasteiger partial charge in [-0.1, -0.05) is 0 Å². The number of imidazole rings is 1. The first kappa shape index (κ1) is 16.3. The van der Waals surface area contributed by atoms with Crippen LogP contribution in [0.15, 0.2) is 35.4 Å². The largest absolute Gasteiger partial charge is 0.472 e. The van der Waals surface area contributed by atoms with Crippen molar-refractivity contribution in [3.05, 3.63) is 42.4 Å². The van der Waals surface area contributed by atoms with Gasteiger partial charge in [-0.3, -0.25) is 9.59 Å². The molecule has 1 aliphatic heterocycles. The van der Waals surface area contributed by atoms with E-state index in [1.54, 1.807) is 23.6 Å².